The molecule has 0 radical (unpaired) electrons. The van der Waals surface area contributed by atoms with Gasteiger partial charge in [0, 0.05) is 37.0 Å². The van der Waals surface area contributed by atoms with Gasteiger partial charge in [0.25, 0.3) is 0 Å². The molecule has 3 saturated heterocycles. The number of carbonyl (C=O) groups is 1. The minimum atomic E-state index is -3.48. The Labute approximate surface area is 141 Å². The monoisotopic (exact) mass is 348 g/mol. The molecule has 4 aliphatic rings. The Bertz CT molecular complexity index is 804. The molecule has 3 fully saturated rings. The summed E-state index contributed by atoms with van der Waals surface area (Å²) in [5, 5.41) is 2.80. The van der Waals surface area contributed by atoms with Crippen molar-refractivity contribution in [3.05, 3.63) is 23.8 Å². The van der Waals surface area contributed by atoms with Crippen molar-refractivity contribution in [1.82, 2.24) is 4.31 Å². The second-order valence-electron chi connectivity index (χ2n) is 7.31. The van der Waals surface area contributed by atoms with Gasteiger partial charge in [-0.05, 0) is 43.0 Å². The van der Waals surface area contributed by atoms with Crippen LogP contribution < -0.4 is 5.32 Å². The highest BCUT2D eigenvalue weighted by Crippen LogP contribution is 2.48. The summed E-state index contributed by atoms with van der Waals surface area (Å²) >= 11 is 0. The van der Waals surface area contributed by atoms with Gasteiger partial charge in [-0.25, -0.2) is 8.42 Å². The highest BCUT2D eigenvalue weighted by molar-refractivity contribution is 7.89. The SMILES string of the molecule is O=C1CCc2cc(S(=O)(=O)N3C[C@@H]4[C@H](C3)[C@H]3CC[C@@H]4O3)ccc2N1. The summed E-state index contributed by atoms with van der Waals surface area (Å²) in [5.74, 6) is 0.701. The standard InChI is InChI=1S/C17H20N2O4S/c20-17-6-1-10-7-11(2-3-14(10)18-17)24(21,22)19-8-12-13(9-19)16-5-4-15(12)23-16/h2-3,7,12-13,15-16H,1,4-6,8-9H2,(H,18,20)/t12-,13+,15+,16-. The molecule has 0 aliphatic carbocycles. The maximum absolute atomic E-state index is 13.0. The Morgan fingerprint density at radius 3 is 2.50 bits per heavy atom. The van der Waals surface area contributed by atoms with Gasteiger partial charge in [-0.15, -0.1) is 0 Å². The number of nitrogens with one attached hydrogen (secondary N) is 1. The molecule has 4 aliphatic heterocycles. The Morgan fingerprint density at radius 2 is 1.79 bits per heavy atom. The molecule has 0 aromatic heterocycles. The van der Waals surface area contributed by atoms with Gasteiger partial charge in [-0.1, -0.05) is 0 Å². The maximum atomic E-state index is 13.0. The number of hydrogen-bond donors (Lipinski definition) is 1. The zero-order chi connectivity index (χ0) is 16.5. The van der Waals surface area contributed by atoms with E-state index in [-0.39, 0.29) is 18.1 Å². The molecule has 6 nitrogen and oxygen atoms in total. The number of sulfonamides is 1. The molecule has 0 unspecified atom stereocenters. The van der Waals surface area contributed by atoms with Gasteiger partial charge in [0.05, 0.1) is 17.1 Å². The number of fused-ring (bicyclic) bond motifs is 6. The smallest absolute Gasteiger partial charge is 0.243 e. The van der Waals surface area contributed by atoms with Crippen LogP contribution in [0.15, 0.2) is 23.1 Å². The molecule has 0 spiro atoms. The zero-order valence-corrected chi connectivity index (χ0v) is 14.1. The van der Waals surface area contributed by atoms with E-state index >= 15 is 0 Å². The summed E-state index contributed by atoms with van der Waals surface area (Å²) in [7, 11) is -3.48. The fourth-order valence-corrected chi connectivity index (χ4v) is 6.35. The number of hydrogen-bond acceptors (Lipinski definition) is 4. The van der Waals surface area contributed by atoms with E-state index in [0.29, 0.717) is 42.7 Å². The van der Waals surface area contributed by atoms with E-state index in [9.17, 15) is 13.2 Å². The topological polar surface area (TPSA) is 75.7 Å². The van der Waals surface area contributed by atoms with Crippen LogP contribution in [-0.2, 0) is 26.0 Å². The Balaban J connectivity index is 1.43. The number of aryl methyl sites for hydroxylation is 1. The summed E-state index contributed by atoms with van der Waals surface area (Å²) in [5.41, 5.74) is 1.63. The van der Waals surface area contributed by atoms with Crippen LogP contribution in [0.3, 0.4) is 0 Å². The van der Waals surface area contributed by atoms with Gasteiger partial charge in [0.1, 0.15) is 0 Å². The Morgan fingerprint density at radius 1 is 1.08 bits per heavy atom. The molecule has 4 atom stereocenters. The number of anilines is 1. The lowest BCUT2D eigenvalue weighted by Crippen LogP contribution is -2.31. The normalized spacial score (nSPS) is 34.9. The number of rotatable bonds is 2. The van der Waals surface area contributed by atoms with Crippen molar-refractivity contribution < 1.29 is 17.9 Å². The van der Waals surface area contributed by atoms with Crippen molar-refractivity contribution in [2.45, 2.75) is 42.8 Å². The number of benzene rings is 1. The molecule has 4 heterocycles. The molecule has 24 heavy (non-hydrogen) atoms. The number of nitrogens with zero attached hydrogens (tertiary/aromatic N) is 1. The number of amides is 1. The first-order chi connectivity index (χ1) is 11.5. The average Bonchev–Trinajstić information content (AvgIpc) is 3.27. The lowest BCUT2D eigenvalue weighted by atomic mass is 9.82. The average molecular weight is 348 g/mol. The molecule has 7 heteroatoms. The third-order valence-corrected chi connectivity index (χ3v) is 7.86. The van der Waals surface area contributed by atoms with E-state index in [1.807, 2.05) is 0 Å². The van der Waals surface area contributed by atoms with Crippen molar-refractivity contribution >= 4 is 21.6 Å². The van der Waals surface area contributed by atoms with Crippen LogP contribution in [0.4, 0.5) is 5.69 Å². The van der Waals surface area contributed by atoms with Crippen molar-refractivity contribution in [2.24, 2.45) is 11.8 Å². The predicted octanol–water partition coefficient (Wildman–Crippen LogP) is 1.37. The van der Waals surface area contributed by atoms with Crippen molar-refractivity contribution in [3.63, 3.8) is 0 Å². The molecule has 0 saturated carbocycles. The molecule has 5 rings (SSSR count). The quantitative estimate of drug-likeness (QED) is 0.876. The number of carbonyl (C=O) groups excluding carboxylic acids is 1. The minimum Gasteiger partial charge on any atom is -0.374 e. The molecule has 1 aromatic carbocycles. The van der Waals surface area contributed by atoms with E-state index in [1.54, 1.807) is 22.5 Å². The van der Waals surface area contributed by atoms with Crippen molar-refractivity contribution in [2.75, 3.05) is 18.4 Å². The lowest BCUT2D eigenvalue weighted by molar-refractivity contribution is -0.116. The van der Waals surface area contributed by atoms with E-state index in [4.69, 9.17) is 4.74 Å². The second-order valence-corrected chi connectivity index (χ2v) is 9.25. The van der Waals surface area contributed by atoms with E-state index in [1.165, 1.54) is 0 Å². The highest BCUT2D eigenvalue weighted by atomic mass is 32.2. The summed E-state index contributed by atoms with van der Waals surface area (Å²) < 4.78 is 33.7. The van der Waals surface area contributed by atoms with Crippen LogP contribution in [-0.4, -0.2) is 43.9 Å². The predicted molar refractivity (Wildman–Crippen MR) is 87.0 cm³/mol. The van der Waals surface area contributed by atoms with Gasteiger partial charge < -0.3 is 10.1 Å². The lowest BCUT2D eigenvalue weighted by Gasteiger charge is -2.21. The highest BCUT2D eigenvalue weighted by Gasteiger charge is 2.55. The summed E-state index contributed by atoms with van der Waals surface area (Å²) in [6.07, 6.45) is 3.63. The molecule has 1 N–H and O–H groups in total. The minimum absolute atomic E-state index is 0.0130. The van der Waals surface area contributed by atoms with Crippen LogP contribution >= 0.6 is 0 Å². The Kier molecular flexibility index (Phi) is 3.12. The summed E-state index contributed by atoms with van der Waals surface area (Å²) in [6.45, 7) is 1.14. The first-order valence-electron chi connectivity index (χ1n) is 8.61. The third kappa shape index (κ3) is 2.08. The fraction of sp³-hybridized carbons (Fsp3) is 0.588. The molecular formula is C17H20N2O4S. The van der Waals surface area contributed by atoms with Crippen molar-refractivity contribution in [1.29, 1.82) is 0 Å². The number of ether oxygens (including phenoxy) is 1. The molecule has 1 aromatic rings. The first kappa shape index (κ1) is 14.9. The van der Waals surface area contributed by atoms with Crippen LogP contribution in [0.2, 0.25) is 0 Å². The van der Waals surface area contributed by atoms with Crippen molar-refractivity contribution in [3.8, 4) is 0 Å². The van der Waals surface area contributed by atoms with Crippen LogP contribution in [0.25, 0.3) is 0 Å². The van der Waals surface area contributed by atoms with Gasteiger partial charge in [0.2, 0.25) is 15.9 Å². The van der Waals surface area contributed by atoms with E-state index in [2.05, 4.69) is 5.32 Å². The molecule has 1 amide bonds. The van der Waals surface area contributed by atoms with Gasteiger partial charge in [0.15, 0.2) is 0 Å². The second kappa shape index (κ2) is 5.03. The molecular weight excluding hydrogens is 328 g/mol. The third-order valence-electron chi connectivity index (χ3n) is 6.03. The van der Waals surface area contributed by atoms with Gasteiger partial charge >= 0.3 is 0 Å². The van der Waals surface area contributed by atoms with Gasteiger partial charge in [-0.3, -0.25) is 4.79 Å². The fourth-order valence-electron chi connectivity index (χ4n) is 4.79. The maximum Gasteiger partial charge on any atom is 0.243 e. The zero-order valence-electron chi connectivity index (χ0n) is 13.3. The van der Waals surface area contributed by atoms with E-state index in [0.717, 1.165) is 24.1 Å². The molecule has 128 valence electrons. The largest absolute Gasteiger partial charge is 0.374 e. The van der Waals surface area contributed by atoms with Crippen LogP contribution in [0.1, 0.15) is 24.8 Å². The summed E-state index contributed by atoms with van der Waals surface area (Å²) in [6, 6.07) is 5.05. The first-order valence-corrected chi connectivity index (χ1v) is 10.0. The van der Waals surface area contributed by atoms with E-state index < -0.39 is 10.0 Å². The van der Waals surface area contributed by atoms with Crippen LogP contribution in [0, 0.1) is 11.8 Å². The van der Waals surface area contributed by atoms with Gasteiger partial charge in [-0.2, -0.15) is 4.31 Å². The Hall–Kier alpha value is -1.44. The van der Waals surface area contributed by atoms with Crippen LogP contribution in [0.5, 0.6) is 0 Å². The summed E-state index contributed by atoms with van der Waals surface area (Å²) in [4.78, 5) is 11.8. The molecule has 2 bridgehead atoms.